The van der Waals surface area contributed by atoms with Crippen LogP contribution in [0.1, 0.15) is 96.1 Å². The maximum absolute atomic E-state index is 12.4. The Labute approximate surface area is 207 Å². The summed E-state index contributed by atoms with van der Waals surface area (Å²) < 4.78 is 11.3. The smallest absolute Gasteiger partial charge is 0.224 e. The number of ether oxygens (including phenoxy) is 2. The van der Waals surface area contributed by atoms with Crippen molar-refractivity contribution in [3.63, 3.8) is 0 Å². The molecule has 0 aliphatic carbocycles. The van der Waals surface area contributed by atoms with Gasteiger partial charge in [0.2, 0.25) is 5.91 Å². The van der Waals surface area contributed by atoms with Crippen molar-refractivity contribution in [3.8, 4) is 0 Å². The highest BCUT2D eigenvalue weighted by Gasteiger charge is 2.09. The van der Waals surface area contributed by atoms with E-state index in [9.17, 15) is 4.79 Å². The molecule has 6 heteroatoms. The van der Waals surface area contributed by atoms with E-state index in [1.807, 2.05) is 12.1 Å². The summed E-state index contributed by atoms with van der Waals surface area (Å²) in [4.78, 5) is 13.2. The first-order valence-corrected chi connectivity index (χ1v) is 13.4. The number of unbranched alkanes of at least 4 members (excludes halogenated alkanes) is 5. The minimum Gasteiger partial charge on any atom is -0.381 e. The van der Waals surface area contributed by atoms with Gasteiger partial charge in [-0.3, -0.25) is 4.79 Å². The van der Waals surface area contributed by atoms with Crippen LogP contribution in [0.2, 0.25) is 0 Å². The number of carbonyl (C=O) groups is 1. The summed E-state index contributed by atoms with van der Waals surface area (Å²) in [5.74, 6) is 0.0155. The van der Waals surface area contributed by atoms with Crippen molar-refractivity contribution in [1.82, 2.24) is 5.32 Å². The monoisotopic (exact) mass is 478 g/mol. The molecule has 0 atom stereocenters. The van der Waals surface area contributed by atoms with Gasteiger partial charge in [-0.15, -0.1) is 0 Å². The number of anilines is 1. The van der Waals surface area contributed by atoms with Gasteiger partial charge in [-0.25, -0.2) is 0 Å². The first-order valence-electron chi connectivity index (χ1n) is 13.0. The average molecular weight is 479 g/mol. The van der Waals surface area contributed by atoms with E-state index >= 15 is 0 Å². The Bertz CT molecular complexity index is 667. The summed E-state index contributed by atoms with van der Waals surface area (Å²) in [6, 6.07) is 6.06. The van der Waals surface area contributed by atoms with Gasteiger partial charge in [0.1, 0.15) is 4.99 Å². The molecule has 0 saturated carbocycles. The van der Waals surface area contributed by atoms with Gasteiger partial charge in [-0.05, 0) is 43.7 Å². The number of carbonyl (C=O) groups excluding carboxylic acids is 1. The zero-order chi connectivity index (χ0) is 24.2. The zero-order valence-electron chi connectivity index (χ0n) is 21.2. The maximum atomic E-state index is 12.4. The molecule has 1 aromatic rings. The molecule has 0 radical (unpaired) electrons. The van der Waals surface area contributed by atoms with Gasteiger partial charge in [-0.2, -0.15) is 0 Å². The number of nitrogens with one attached hydrogen (secondary N) is 2. The quantitative estimate of drug-likeness (QED) is 0.167. The summed E-state index contributed by atoms with van der Waals surface area (Å²) >= 11 is 5.50. The van der Waals surface area contributed by atoms with E-state index in [2.05, 4.69) is 37.5 Å². The number of hydrogen-bond donors (Lipinski definition) is 2. The molecule has 0 bridgehead atoms. The van der Waals surface area contributed by atoms with Gasteiger partial charge < -0.3 is 20.1 Å². The molecule has 5 nitrogen and oxygen atoms in total. The molecule has 1 rings (SSSR count). The van der Waals surface area contributed by atoms with Crippen LogP contribution in [0.25, 0.3) is 0 Å². The highest BCUT2D eigenvalue weighted by Crippen LogP contribution is 2.19. The standard InChI is InChI=1S/C27H46N2O3S/c1-4-7-9-10-11-18-31-20-13-21-32-19-12-14-26(30)29-25-22-24(16-15-23(25)6-3)27(33)28-17-8-5-2/h15-16,22H,4-14,17-21H2,1-3H3,(H,28,33)(H,29,30). The lowest BCUT2D eigenvalue weighted by Crippen LogP contribution is -2.23. The van der Waals surface area contributed by atoms with Crippen molar-refractivity contribution in [2.45, 2.75) is 91.4 Å². The Balaban J connectivity index is 2.21. The molecule has 0 saturated heterocycles. The Kier molecular flexibility index (Phi) is 17.8. The van der Waals surface area contributed by atoms with Gasteiger partial charge in [0.25, 0.3) is 0 Å². The molecule has 0 heterocycles. The number of rotatable bonds is 20. The lowest BCUT2D eigenvalue weighted by Gasteiger charge is -2.14. The molecule has 0 unspecified atom stereocenters. The molecule has 188 valence electrons. The molecule has 0 spiro atoms. The third-order valence-electron chi connectivity index (χ3n) is 5.51. The summed E-state index contributed by atoms with van der Waals surface area (Å²) in [5.41, 5.74) is 2.91. The predicted molar refractivity (Wildman–Crippen MR) is 143 cm³/mol. The lowest BCUT2D eigenvalue weighted by atomic mass is 10.1. The third kappa shape index (κ3) is 14.4. The minimum atomic E-state index is 0.0155. The first-order chi connectivity index (χ1) is 16.1. The summed E-state index contributed by atoms with van der Waals surface area (Å²) in [6.45, 7) is 10.2. The lowest BCUT2D eigenvalue weighted by molar-refractivity contribution is -0.116. The fourth-order valence-corrected chi connectivity index (χ4v) is 3.67. The van der Waals surface area contributed by atoms with Crippen molar-refractivity contribution >= 4 is 28.8 Å². The van der Waals surface area contributed by atoms with E-state index < -0.39 is 0 Å². The van der Waals surface area contributed by atoms with Crippen LogP contribution in [0.3, 0.4) is 0 Å². The fourth-order valence-electron chi connectivity index (χ4n) is 3.45. The Morgan fingerprint density at radius 3 is 2.21 bits per heavy atom. The summed E-state index contributed by atoms with van der Waals surface area (Å²) in [5, 5.41) is 6.36. The predicted octanol–water partition coefficient (Wildman–Crippen LogP) is 6.43. The van der Waals surface area contributed by atoms with Gasteiger partial charge >= 0.3 is 0 Å². The largest absolute Gasteiger partial charge is 0.381 e. The van der Waals surface area contributed by atoms with Crippen LogP contribution in [0.4, 0.5) is 5.69 Å². The van der Waals surface area contributed by atoms with Crippen LogP contribution in [0.15, 0.2) is 18.2 Å². The second-order valence-electron chi connectivity index (χ2n) is 8.48. The van der Waals surface area contributed by atoms with Crippen LogP contribution in [-0.2, 0) is 20.7 Å². The van der Waals surface area contributed by atoms with E-state index in [1.54, 1.807) is 0 Å². The van der Waals surface area contributed by atoms with Gasteiger partial charge in [-0.1, -0.05) is 77.2 Å². The van der Waals surface area contributed by atoms with Crippen LogP contribution in [-0.4, -0.2) is 43.9 Å². The first kappa shape index (κ1) is 29.5. The Morgan fingerprint density at radius 2 is 1.52 bits per heavy atom. The third-order valence-corrected chi connectivity index (χ3v) is 5.89. The SMILES string of the molecule is CCCCCCCOCCCOCCCC(=O)Nc1cc(C(=S)NCCCC)ccc1CC. The van der Waals surface area contributed by atoms with Crippen molar-refractivity contribution < 1.29 is 14.3 Å². The molecule has 1 aromatic carbocycles. The molecule has 1 amide bonds. The van der Waals surface area contributed by atoms with Crippen LogP contribution < -0.4 is 10.6 Å². The second kappa shape index (κ2) is 19.9. The van der Waals surface area contributed by atoms with Crippen LogP contribution >= 0.6 is 12.2 Å². The topological polar surface area (TPSA) is 59.6 Å². The fraction of sp³-hybridized carbons (Fsp3) is 0.704. The second-order valence-corrected chi connectivity index (χ2v) is 8.89. The molecule has 33 heavy (non-hydrogen) atoms. The van der Waals surface area contributed by atoms with Gasteiger partial charge in [0.05, 0.1) is 0 Å². The van der Waals surface area contributed by atoms with Crippen LogP contribution in [0, 0.1) is 0 Å². The van der Waals surface area contributed by atoms with E-state index in [0.717, 1.165) is 73.7 Å². The molecule has 0 aliphatic rings. The van der Waals surface area contributed by atoms with Gasteiger partial charge in [0, 0.05) is 50.6 Å². The number of amides is 1. The maximum Gasteiger partial charge on any atom is 0.224 e. The highest BCUT2D eigenvalue weighted by molar-refractivity contribution is 7.80. The molecular formula is C27H46N2O3S. The Hall–Kier alpha value is -1.50. The number of benzene rings is 1. The number of thiocarbonyl (C=S) groups is 1. The molecular weight excluding hydrogens is 432 g/mol. The van der Waals surface area contributed by atoms with Gasteiger partial charge in [0.15, 0.2) is 0 Å². The molecule has 2 N–H and O–H groups in total. The average Bonchev–Trinajstić information content (AvgIpc) is 2.82. The van der Waals surface area contributed by atoms with Crippen molar-refractivity contribution in [3.05, 3.63) is 29.3 Å². The normalized spacial score (nSPS) is 10.9. The van der Waals surface area contributed by atoms with E-state index in [4.69, 9.17) is 21.7 Å². The van der Waals surface area contributed by atoms with Crippen molar-refractivity contribution in [2.24, 2.45) is 0 Å². The van der Waals surface area contributed by atoms with Crippen molar-refractivity contribution in [2.75, 3.05) is 38.3 Å². The number of aryl methyl sites for hydroxylation is 1. The molecule has 0 fully saturated rings. The Morgan fingerprint density at radius 1 is 0.848 bits per heavy atom. The summed E-state index contributed by atoms with van der Waals surface area (Å²) in [7, 11) is 0. The van der Waals surface area contributed by atoms with Crippen LogP contribution in [0.5, 0.6) is 0 Å². The molecule has 0 aromatic heterocycles. The summed E-state index contributed by atoms with van der Waals surface area (Å²) in [6.07, 6.45) is 11.5. The van der Waals surface area contributed by atoms with E-state index in [1.165, 1.54) is 25.7 Å². The van der Waals surface area contributed by atoms with E-state index in [0.29, 0.717) is 26.1 Å². The number of hydrogen-bond acceptors (Lipinski definition) is 4. The molecule has 0 aliphatic heterocycles. The highest BCUT2D eigenvalue weighted by atomic mass is 32.1. The van der Waals surface area contributed by atoms with E-state index in [-0.39, 0.29) is 5.91 Å². The van der Waals surface area contributed by atoms with Crippen molar-refractivity contribution in [1.29, 1.82) is 0 Å². The zero-order valence-corrected chi connectivity index (χ0v) is 22.0. The minimum absolute atomic E-state index is 0.0155.